The highest BCUT2D eigenvalue weighted by atomic mass is 127. The summed E-state index contributed by atoms with van der Waals surface area (Å²) in [6, 6.07) is 26.2. The predicted octanol–water partition coefficient (Wildman–Crippen LogP) is 5.27. The van der Waals surface area contributed by atoms with Crippen molar-refractivity contribution in [1.29, 1.82) is 0 Å². The van der Waals surface area contributed by atoms with Crippen LogP contribution in [0.3, 0.4) is 0 Å². The van der Waals surface area contributed by atoms with Crippen LogP contribution in [0.15, 0.2) is 78.9 Å². The van der Waals surface area contributed by atoms with Crippen LogP contribution in [0, 0.1) is 15.4 Å². The summed E-state index contributed by atoms with van der Waals surface area (Å²) in [6.07, 6.45) is 0. The Morgan fingerprint density at radius 2 is 1.43 bits per heavy atom. The molecule has 0 aromatic heterocycles. The second kappa shape index (κ2) is 7.85. The van der Waals surface area contributed by atoms with E-state index in [2.05, 4.69) is 52.6 Å². The fourth-order valence-corrected chi connectivity index (χ4v) is 2.60. The molecule has 0 atom stereocenters. The quantitative estimate of drug-likeness (QED) is 0.422. The van der Waals surface area contributed by atoms with Crippen LogP contribution in [0.2, 0.25) is 0 Å². The van der Waals surface area contributed by atoms with Crippen LogP contribution in [-0.4, -0.2) is 0 Å². The van der Waals surface area contributed by atoms with Crippen LogP contribution in [0.5, 0.6) is 5.75 Å². The van der Waals surface area contributed by atoms with E-state index in [1.165, 1.54) is 3.57 Å². The van der Waals surface area contributed by atoms with Gasteiger partial charge in [0.05, 0.1) is 0 Å². The third-order valence-corrected chi connectivity index (χ3v) is 4.26. The topological polar surface area (TPSA) is 9.23 Å². The van der Waals surface area contributed by atoms with Gasteiger partial charge in [-0.15, -0.1) is 0 Å². The van der Waals surface area contributed by atoms with E-state index >= 15 is 0 Å². The van der Waals surface area contributed by atoms with Crippen LogP contribution in [-0.2, 0) is 6.61 Å². The van der Waals surface area contributed by atoms with E-state index < -0.39 is 0 Å². The Morgan fingerprint density at radius 3 is 2.17 bits per heavy atom. The summed E-state index contributed by atoms with van der Waals surface area (Å²) < 4.78 is 6.95. The smallest absolute Gasteiger partial charge is 0.119 e. The summed E-state index contributed by atoms with van der Waals surface area (Å²) in [4.78, 5) is 0. The first kappa shape index (κ1) is 15.6. The molecule has 0 aliphatic carbocycles. The average molecular weight is 410 g/mol. The molecule has 0 saturated carbocycles. The van der Waals surface area contributed by atoms with Gasteiger partial charge in [0.25, 0.3) is 0 Å². The molecule has 0 heterocycles. The normalized spacial score (nSPS) is 9.78. The van der Waals surface area contributed by atoms with Gasteiger partial charge in [-0.3, -0.25) is 0 Å². The molecule has 0 amide bonds. The van der Waals surface area contributed by atoms with Gasteiger partial charge in [0.2, 0.25) is 0 Å². The standard InChI is InChI=1S/C21H15IO/c22-21-9-5-4-8-19(21)13-10-17-11-14-20(15-12-17)23-16-18-6-2-1-3-7-18/h1-9,11-12,14-15H,16H2. The van der Waals surface area contributed by atoms with Crippen LogP contribution < -0.4 is 4.74 Å². The van der Waals surface area contributed by atoms with Gasteiger partial charge in [-0.05, 0) is 64.6 Å². The second-order valence-corrected chi connectivity index (χ2v) is 6.19. The molecule has 112 valence electrons. The molecule has 0 radical (unpaired) electrons. The number of halogens is 1. The van der Waals surface area contributed by atoms with E-state index in [1.54, 1.807) is 0 Å². The summed E-state index contributed by atoms with van der Waals surface area (Å²) in [5.74, 6) is 7.26. The van der Waals surface area contributed by atoms with Crippen molar-refractivity contribution in [2.75, 3.05) is 0 Å². The van der Waals surface area contributed by atoms with E-state index in [9.17, 15) is 0 Å². The molecule has 3 rings (SSSR count). The van der Waals surface area contributed by atoms with E-state index in [4.69, 9.17) is 4.74 Å². The largest absolute Gasteiger partial charge is 0.489 e. The van der Waals surface area contributed by atoms with Crippen molar-refractivity contribution >= 4 is 22.6 Å². The summed E-state index contributed by atoms with van der Waals surface area (Å²) in [7, 11) is 0. The van der Waals surface area contributed by atoms with Gasteiger partial charge in [-0.1, -0.05) is 54.3 Å². The summed E-state index contributed by atoms with van der Waals surface area (Å²) in [5, 5.41) is 0. The number of benzene rings is 3. The number of ether oxygens (including phenoxy) is 1. The van der Waals surface area contributed by atoms with Crippen LogP contribution in [0.25, 0.3) is 0 Å². The summed E-state index contributed by atoms with van der Waals surface area (Å²) in [6.45, 7) is 0.577. The zero-order chi connectivity index (χ0) is 15.9. The summed E-state index contributed by atoms with van der Waals surface area (Å²) >= 11 is 2.30. The molecule has 23 heavy (non-hydrogen) atoms. The summed E-state index contributed by atoms with van der Waals surface area (Å²) in [5.41, 5.74) is 3.20. The Bertz CT molecular complexity index is 827. The Kier molecular flexibility index (Phi) is 5.33. The minimum Gasteiger partial charge on any atom is -0.489 e. The Balaban J connectivity index is 1.65. The maximum Gasteiger partial charge on any atom is 0.119 e. The monoisotopic (exact) mass is 410 g/mol. The number of hydrogen-bond donors (Lipinski definition) is 0. The Labute approximate surface area is 150 Å². The van der Waals surface area contributed by atoms with Crippen molar-refractivity contribution in [3.63, 3.8) is 0 Å². The van der Waals surface area contributed by atoms with Crippen molar-refractivity contribution in [1.82, 2.24) is 0 Å². The van der Waals surface area contributed by atoms with Crippen LogP contribution >= 0.6 is 22.6 Å². The molecular weight excluding hydrogens is 395 g/mol. The van der Waals surface area contributed by atoms with E-state index in [1.807, 2.05) is 60.7 Å². The van der Waals surface area contributed by atoms with Crippen molar-refractivity contribution in [3.8, 4) is 17.6 Å². The maximum atomic E-state index is 5.78. The second-order valence-electron chi connectivity index (χ2n) is 5.03. The maximum absolute atomic E-state index is 5.78. The molecule has 0 spiro atoms. The minimum atomic E-state index is 0.577. The third kappa shape index (κ3) is 4.61. The first-order chi connectivity index (χ1) is 11.3. The molecule has 0 unspecified atom stereocenters. The molecule has 0 aliphatic heterocycles. The van der Waals surface area contributed by atoms with E-state index in [0.717, 1.165) is 22.4 Å². The molecular formula is C21H15IO. The van der Waals surface area contributed by atoms with Gasteiger partial charge < -0.3 is 4.74 Å². The van der Waals surface area contributed by atoms with Crippen molar-refractivity contribution in [2.24, 2.45) is 0 Å². The van der Waals surface area contributed by atoms with Gasteiger partial charge in [0.15, 0.2) is 0 Å². The molecule has 0 aliphatic rings. The molecule has 1 nitrogen and oxygen atoms in total. The lowest BCUT2D eigenvalue weighted by Gasteiger charge is -2.06. The molecule has 0 bridgehead atoms. The number of hydrogen-bond acceptors (Lipinski definition) is 1. The van der Waals surface area contributed by atoms with Gasteiger partial charge >= 0.3 is 0 Å². The zero-order valence-corrected chi connectivity index (χ0v) is 14.7. The highest BCUT2D eigenvalue weighted by Crippen LogP contribution is 2.14. The van der Waals surface area contributed by atoms with Crippen LogP contribution in [0.4, 0.5) is 0 Å². The van der Waals surface area contributed by atoms with Crippen LogP contribution in [0.1, 0.15) is 16.7 Å². The third-order valence-electron chi connectivity index (χ3n) is 3.32. The van der Waals surface area contributed by atoms with Crippen molar-refractivity contribution in [3.05, 3.63) is 99.1 Å². The first-order valence-corrected chi connectivity index (χ1v) is 8.42. The van der Waals surface area contributed by atoms with Crippen molar-refractivity contribution in [2.45, 2.75) is 6.61 Å². The van der Waals surface area contributed by atoms with Gasteiger partial charge in [-0.25, -0.2) is 0 Å². The molecule has 0 fully saturated rings. The first-order valence-electron chi connectivity index (χ1n) is 7.34. The molecule has 2 heteroatoms. The van der Waals surface area contributed by atoms with E-state index in [0.29, 0.717) is 6.61 Å². The average Bonchev–Trinajstić information content (AvgIpc) is 2.61. The van der Waals surface area contributed by atoms with E-state index in [-0.39, 0.29) is 0 Å². The highest BCUT2D eigenvalue weighted by molar-refractivity contribution is 14.1. The fourth-order valence-electron chi connectivity index (χ4n) is 2.08. The zero-order valence-electron chi connectivity index (χ0n) is 12.5. The molecule has 0 N–H and O–H groups in total. The number of rotatable bonds is 3. The molecule has 3 aromatic carbocycles. The predicted molar refractivity (Wildman–Crippen MR) is 102 cm³/mol. The molecule has 3 aromatic rings. The van der Waals surface area contributed by atoms with Gasteiger partial charge in [0.1, 0.15) is 12.4 Å². The lowest BCUT2D eigenvalue weighted by Crippen LogP contribution is -1.94. The SMILES string of the molecule is Ic1ccccc1C#Cc1ccc(OCc2ccccc2)cc1. The van der Waals surface area contributed by atoms with Crippen molar-refractivity contribution < 1.29 is 4.74 Å². The Morgan fingerprint density at radius 1 is 0.739 bits per heavy atom. The molecule has 0 saturated heterocycles. The lowest BCUT2D eigenvalue weighted by atomic mass is 10.2. The van der Waals surface area contributed by atoms with Gasteiger partial charge in [0, 0.05) is 14.7 Å². The fraction of sp³-hybridized carbons (Fsp3) is 0.0476. The minimum absolute atomic E-state index is 0.577. The lowest BCUT2D eigenvalue weighted by molar-refractivity contribution is 0.306. The highest BCUT2D eigenvalue weighted by Gasteiger charge is 1.96. The van der Waals surface area contributed by atoms with Gasteiger partial charge in [-0.2, -0.15) is 0 Å². The Hall–Kier alpha value is -2.25.